The number of hydrogen-bond acceptors (Lipinski definition) is 4. The molecule has 33 heavy (non-hydrogen) atoms. The van der Waals surface area contributed by atoms with Crippen LogP contribution in [0.5, 0.6) is 0 Å². The van der Waals surface area contributed by atoms with Crippen molar-refractivity contribution in [3.8, 4) is 0 Å². The zero-order valence-corrected chi connectivity index (χ0v) is 19.0. The first kappa shape index (κ1) is 22.3. The van der Waals surface area contributed by atoms with E-state index >= 15 is 0 Å². The molecule has 1 amide bonds. The van der Waals surface area contributed by atoms with E-state index in [0.29, 0.717) is 0 Å². The molecule has 6 nitrogen and oxygen atoms in total. The maximum atomic E-state index is 14.1. The Morgan fingerprint density at radius 1 is 1.06 bits per heavy atom. The van der Waals surface area contributed by atoms with Crippen LogP contribution >= 0.6 is 11.8 Å². The highest BCUT2D eigenvalue weighted by Crippen LogP contribution is 2.48. The van der Waals surface area contributed by atoms with Crippen LogP contribution in [0.15, 0.2) is 94.5 Å². The number of hydrogen-bond donors (Lipinski definition) is 0. The number of benzene rings is 2. The number of esters is 1. The molecule has 164 valence electrons. The lowest BCUT2D eigenvalue weighted by Gasteiger charge is -2.30. The fourth-order valence-corrected chi connectivity index (χ4v) is 4.57. The maximum Gasteiger partial charge on any atom is 0.344 e. The van der Waals surface area contributed by atoms with E-state index < -0.39 is 5.97 Å². The van der Waals surface area contributed by atoms with Gasteiger partial charge in [0.1, 0.15) is 0 Å². The predicted octanol–water partition coefficient (Wildman–Crippen LogP) is 4.68. The molecule has 0 saturated carbocycles. The first-order valence-electron chi connectivity index (χ1n) is 10.4. The van der Waals surface area contributed by atoms with Gasteiger partial charge in [-0.25, -0.2) is 4.79 Å². The monoisotopic (exact) mass is 455 g/mol. The number of amides is 1. The topological polar surface area (TPSA) is 72.8 Å². The van der Waals surface area contributed by atoms with E-state index in [1.54, 1.807) is 46.6 Å². The van der Waals surface area contributed by atoms with E-state index in [-0.39, 0.29) is 23.8 Å². The van der Waals surface area contributed by atoms with Gasteiger partial charge in [0.2, 0.25) is 0 Å². The van der Waals surface area contributed by atoms with Crippen molar-refractivity contribution in [2.75, 3.05) is 11.5 Å². The number of aryl methyl sites for hydroxylation is 1. The van der Waals surface area contributed by atoms with Gasteiger partial charge in [0.05, 0.1) is 23.6 Å². The molecule has 4 rings (SSSR count). The molecule has 1 aliphatic rings. The fraction of sp³-hybridized carbons (Fsp3) is 0.115. The van der Waals surface area contributed by atoms with Crippen LogP contribution in [0.25, 0.3) is 11.1 Å². The van der Waals surface area contributed by atoms with Gasteiger partial charge in [-0.05, 0) is 44.2 Å². The Bertz CT molecular complexity index is 1280. The molecule has 0 spiro atoms. The SMILES string of the molecule is CCOC(=O)C(=C=[N-])/C=C(/C(=O)N1c2ccccc2Sc2ccccc21)[n+]1cccc(C)c1. The molecular formula is C26H21N3O3S. The quantitative estimate of drug-likeness (QED) is 0.184. The van der Waals surface area contributed by atoms with Gasteiger partial charge >= 0.3 is 11.9 Å². The van der Waals surface area contributed by atoms with Gasteiger partial charge in [-0.15, -0.1) is 0 Å². The number of ether oxygens (including phenoxy) is 1. The number of nitrogens with zero attached hydrogens (tertiary/aromatic N) is 3. The highest BCUT2D eigenvalue weighted by molar-refractivity contribution is 7.99. The molecular weight excluding hydrogens is 434 g/mol. The third-order valence-electron chi connectivity index (χ3n) is 4.98. The summed E-state index contributed by atoms with van der Waals surface area (Å²) in [6.45, 7) is 3.70. The Hall–Kier alpha value is -3.93. The maximum absolute atomic E-state index is 14.1. The molecule has 1 aliphatic heterocycles. The van der Waals surface area contributed by atoms with Crippen LogP contribution in [-0.4, -0.2) is 24.4 Å². The van der Waals surface area contributed by atoms with Crippen molar-refractivity contribution in [3.05, 3.63) is 95.7 Å². The summed E-state index contributed by atoms with van der Waals surface area (Å²) in [6, 6.07) is 19.0. The molecule has 7 heteroatoms. The lowest BCUT2D eigenvalue weighted by atomic mass is 10.1. The zero-order valence-electron chi connectivity index (χ0n) is 18.2. The van der Waals surface area contributed by atoms with E-state index in [2.05, 4.69) is 0 Å². The summed E-state index contributed by atoms with van der Waals surface area (Å²) < 4.78 is 6.64. The van der Waals surface area contributed by atoms with Crippen molar-refractivity contribution >= 4 is 46.6 Å². The minimum Gasteiger partial charge on any atom is -0.763 e. The number of aromatic nitrogens is 1. The van der Waals surface area contributed by atoms with Crippen molar-refractivity contribution in [1.29, 1.82) is 0 Å². The molecule has 0 fully saturated rings. The lowest BCUT2D eigenvalue weighted by molar-refractivity contribution is -0.577. The Kier molecular flexibility index (Phi) is 6.54. The van der Waals surface area contributed by atoms with Crippen LogP contribution < -0.4 is 9.47 Å². The summed E-state index contributed by atoms with van der Waals surface area (Å²) in [6.07, 6.45) is 4.79. The third kappa shape index (κ3) is 4.51. The first-order chi connectivity index (χ1) is 16.0. The van der Waals surface area contributed by atoms with Gasteiger partial charge in [0, 0.05) is 27.5 Å². The second-order valence-corrected chi connectivity index (χ2v) is 8.33. The number of carbonyl (C=O) groups is 2. The summed E-state index contributed by atoms with van der Waals surface area (Å²) in [5.41, 5.74) is 2.29. The second-order valence-electron chi connectivity index (χ2n) is 7.24. The third-order valence-corrected chi connectivity index (χ3v) is 6.11. The average molecular weight is 456 g/mol. The Labute approximate surface area is 196 Å². The molecule has 0 atom stereocenters. The Morgan fingerprint density at radius 2 is 1.70 bits per heavy atom. The molecule has 0 bridgehead atoms. The van der Waals surface area contributed by atoms with E-state index in [0.717, 1.165) is 26.7 Å². The van der Waals surface area contributed by atoms with Gasteiger partial charge in [-0.2, -0.15) is 4.57 Å². The van der Waals surface area contributed by atoms with E-state index in [1.165, 1.54) is 6.08 Å². The van der Waals surface area contributed by atoms with E-state index in [4.69, 9.17) is 4.74 Å². The summed E-state index contributed by atoms with van der Waals surface area (Å²) in [5.74, 6) is 0.733. The van der Waals surface area contributed by atoms with Crippen LogP contribution in [0.2, 0.25) is 0 Å². The molecule has 0 aliphatic carbocycles. The minimum atomic E-state index is -0.770. The van der Waals surface area contributed by atoms with Gasteiger partial charge in [0.25, 0.3) is 5.70 Å². The zero-order chi connectivity index (χ0) is 23.4. The van der Waals surface area contributed by atoms with Gasteiger partial charge in [-0.3, -0.25) is 15.6 Å². The number of rotatable bonds is 5. The average Bonchev–Trinajstić information content (AvgIpc) is 2.83. The van der Waals surface area contributed by atoms with Gasteiger partial charge < -0.3 is 10.1 Å². The number of anilines is 2. The van der Waals surface area contributed by atoms with Crippen molar-refractivity contribution in [2.24, 2.45) is 0 Å². The van der Waals surface area contributed by atoms with Crippen molar-refractivity contribution in [2.45, 2.75) is 23.6 Å². The summed E-state index contributed by atoms with van der Waals surface area (Å²) in [5, 5.41) is 9.61. The Morgan fingerprint density at radius 3 is 2.27 bits per heavy atom. The normalized spacial score (nSPS) is 12.3. The van der Waals surface area contributed by atoms with Crippen LogP contribution in [0, 0.1) is 6.92 Å². The summed E-state index contributed by atoms with van der Waals surface area (Å²) in [4.78, 5) is 30.0. The van der Waals surface area contributed by atoms with Crippen molar-refractivity contribution in [1.82, 2.24) is 0 Å². The van der Waals surface area contributed by atoms with Crippen molar-refractivity contribution in [3.63, 3.8) is 0 Å². The van der Waals surface area contributed by atoms with Crippen LogP contribution in [-0.2, 0) is 14.3 Å². The molecule has 0 radical (unpaired) electrons. The van der Waals surface area contributed by atoms with Crippen molar-refractivity contribution < 1.29 is 18.9 Å². The van der Waals surface area contributed by atoms with Crippen LogP contribution in [0.1, 0.15) is 12.5 Å². The van der Waals surface area contributed by atoms with Gasteiger partial charge in [0.15, 0.2) is 12.4 Å². The highest BCUT2D eigenvalue weighted by Gasteiger charge is 2.34. The predicted molar refractivity (Wildman–Crippen MR) is 128 cm³/mol. The van der Waals surface area contributed by atoms with E-state index in [9.17, 15) is 15.0 Å². The molecule has 0 saturated heterocycles. The number of pyridine rings is 1. The molecule has 0 unspecified atom stereocenters. The lowest BCUT2D eigenvalue weighted by Crippen LogP contribution is -2.42. The standard InChI is InChI=1S/C26H21N3O3S/c1-3-32-26(31)19(16-27)15-22(28-14-8-9-18(2)17-28)25(30)29-20-10-4-6-12-23(20)33-24-13-7-5-11-21(24)29/h4-15,17H,3H2,1-2H3/b22-15-. The second kappa shape index (κ2) is 9.69. The largest absolute Gasteiger partial charge is 0.763 e. The number of fused-ring (bicyclic) bond motifs is 2. The molecule has 1 aromatic heterocycles. The smallest absolute Gasteiger partial charge is 0.344 e. The van der Waals surface area contributed by atoms with Crippen LogP contribution in [0.4, 0.5) is 11.4 Å². The van der Waals surface area contributed by atoms with E-state index in [1.807, 2.05) is 67.4 Å². The van der Waals surface area contributed by atoms with Gasteiger partial charge in [-0.1, -0.05) is 36.0 Å². The van der Waals surface area contributed by atoms with Crippen LogP contribution in [0.3, 0.4) is 0 Å². The number of carbonyl (C=O) groups excluding carboxylic acids is 2. The fourth-order valence-electron chi connectivity index (χ4n) is 3.51. The molecule has 2 aromatic carbocycles. The first-order valence-corrected chi connectivity index (χ1v) is 11.2. The summed E-state index contributed by atoms with van der Waals surface area (Å²) >= 11 is 1.59. The number of para-hydroxylation sites is 2. The summed E-state index contributed by atoms with van der Waals surface area (Å²) in [7, 11) is 0. The molecule has 0 N–H and O–H groups in total. The minimum absolute atomic E-state index is 0.128. The Balaban J connectivity index is 1.91. The molecule has 2 heterocycles. The highest BCUT2D eigenvalue weighted by atomic mass is 32.2. The molecule has 3 aromatic rings.